The molecule has 1 amide bonds. The molecule has 0 aliphatic rings. The number of amides is 1. The molecule has 134 valence electrons. The van der Waals surface area contributed by atoms with Gasteiger partial charge in [0.2, 0.25) is 5.91 Å². The van der Waals surface area contributed by atoms with E-state index >= 15 is 0 Å². The molecule has 0 unspecified atom stereocenters. The van der Waals surface area contributed by atoms with E-state index in [-0.39, 0.29) is 5.91 Å². The van der Waals surface area contributed by atoms with Crippen LogP contribution in [0.1, 0.15) is 25.8 Å². The van der Waals surface area contributed by atoms with Crippen molar-refractivity contribution >= 4 is 23.0 Å². The van der Waals surface area contributed by atoms with Crippen LogP contribution in [0.2, 0.25) is 0 Å². The summed E-state index contributed by atoms with van der Waals surface area (Å²) < 4.78 is 0. The molecular formula is C21H29N3O. The minimum Gasteiger partial charge on any atom is -0.384 e. The van der Waals surface area contributed by atoms with Gasteiger partial charge in [0.15, 0.2) is 0 Å². The van der Waals surface area contributed by atoms with Crippen LogP contribution < -0.4 is 15.1 Å². The lowest BCUT2D eigenvalue weighted by Gasteiger charge is -2.22. The molecule has 2 rings (SSSR count). The van der Waals surface area contributed by atoms with Crippen LogP contribution in [0.25, 0.3) is 0 Å². The van der Waals surface area contributed by atoms with Crippen LogP contribution in [0.3, 0.4) is 0 Å². The molecule has 25 heavy (non-hydrogen) atoms. The molecule has 4 heteroatoms. The first-order valence-corrected chi connectivity index (χ1v) is 8.97. The third-order valence-corrected chi connectivity index (χ3v) is 4.51. The van der Waals surface area contributed by atoms with Crippen molar-refractivity contribution in [3.8, 4) is 0 Å². The van der Waals surface area contributed by atoms with E-state index in [4.69, 9.17) is 0 Å². The molecule has 2 aromatic carbocycles. The molecule has 0 radical (unpaired) electrons. The van der Waals surface area contributed by atoms with Crippen molar-refractivity contribution in [2.45, 2.75) is 27.2 Å². The summed E-state index contributed by atoms with van der Waals surface area (Å²) in [6.45, 7) is 9.07. The number of nitrogens with one attached hydrogen (secondary N) is 1. The SMILES string of the molecule is CCN(CC)c1ccc(NCCC(=O)N(C)c2ccccc2)c(C)c1. The molecule has 2 aromatic rings. The Morgan fingerprint density at radius 1 is 1.00 bits per heavy atom. The zero-order valence-electron chi connectivity index (χ0n) is 15.7. The van der Waals surface area contributed by atoms with Gasteiger partial charge >= 0.3 is 0 Å². The Balaban J connectivity index is 1.90. The van der Waals surface area contributed by atoms with Gasteiger partial charge in [0, 0.05) is 50.2 Å². The number of hydrogen-bond donors (Lipinski definition) is 1. The standard InChI is InChI=1S/C21H29N3O/c1-5-24(6-2)19-12-13-20(17(3)16-19)22-15-14-21(25)23(4)18-10-8-7-9-11-18/h7-13,16,22H,5-6,14-15H2,1-4H3. The number of para-hydroxylation sites is 1. The molecule has 4 nitrogen and oxygen atoms in total. The number of nitrogens with zero attached hydrogens (tertiary/aromatic N) is 2. The van der Waals surface area contributed by atoms with E-state index in [9.17, 15) is 4.79 Å². The van der Waals surface area contributed by atoms with Crippen molar-refractivity contribution < 1.29 is 4.79 Å². The highest BCUT2D eigenvalue weighted by molar-refractivity contribution is 5.93. The summed E-state index contributed by atoms with van der Waals surface area (Å²) in [5.41, 5.74) is 4.46. The molecule has 0 aromatic heterocycles. The fourth-order valence-electron chi connectivity index (χ4n) is 2.90. The summed E-state index contributed by atoms with van der Waals surface area (Å²) in [6.07, 6.45) is 0.461. The van der Waals surface area contributed by atoms with E-state index in [1.807, 2.05) is 37.4 Å². The predicted octanol–water partition coefficient (Wildman–Crippen LogP) is 4.31. The molecule has 0 heterocycles. The summed E-state index contributed by atoms with van der Waals surface area (Å²) in [5.74, 6) is 0.108. The van der Waals surface area contributed by atoms with Crippen LogP contribution in [-0.2, 0) is 4.79 Å². The van der Waals surface area contributed by atoms with Gasteiger partial charge in [-0.2, -0.15) is 0 Å². The first-order chi connectivity index (χ1) is 12.1. The molecular weight excluding hydrogens is 310 g/mol. The third kappa shape index (κ3) is 4.99. The maximum absolute atomic E-state index is 12.3. The van der Waals surface area contributed by atoms with Crippen molar-refractivity contribution in [3.63, 3.8) is 0 Å². The van der Waals surface area contributed by atoms with E-state index in [1.165, 1.54) is 11.3 Å². The largest absolute Gasteiger partial charge is 0.384 e. The van der Waals surface area contributed by atoms with Crippen molar-refractivity contribution in [3.05, 3.63) is 54.1 Å². The van der Waals surface area contributed by atoms with E-state index in [0.29, 0.717) is 13.0 Å². The van der Waals surface area contributed by atoms with Crippen LogP contribution in [0, 0.1) is 6.92 Å². The second-order valence-corrected chi connectivity index (χ2v) is 6.14. The van der Waals surface area contributed by atoms with Crippen molar-refractivity contribution in [2.24, 2.45) is 0 Å². The maximum atomic E-state index is 12.3. The molecule has 0 saturated carbocycles. The molecule has 1 N–H and O–H groups in total. The number of hydrogen-bond acceptors (Lipinski definition) is 3. The topological polar surface area (TPSA) is 35.6 Å². The average molecular weight is 339 g/mol. The smallest absolute Gasteiger partial charge is 0.228 e. The maximum Gasteiger partial charge on any atom is 0.228 e. The Kier molecular flexibility index (Phi) is 6.87. The summed E-state index contributed by atoms with van der Waals surface area (Å²) >= 11 is 0. The lowest BCUT2D eigenvalue weighted by atomic mass is 10.1. The van der Waals surface area contributed by atoms with Gasteiger partial charge in [0.25, 0.3) is 0 Å². The van der Waals surface area contributed by atoms with Gasteiger partial charge in [-0.25, -0.2) is 0 Å². The van der Waals surface area contributed by atoms with Crippen LogP contribution >= 0.6 is 0 Å². The summed E-state index contributed by atoms with van der Waals surface area (Å²) in [5, 5.41) is 3.39. The second kappa shape index (κ2) is 9.11. The summed E-state index contributed by atoms with van der Waals surface area (Å²) in [6, 6.07) is 16.2. The molecule has 0 fully saturated rings. The summed E-state index contributed by atoms with van der Waals surface area (Å²) in [4.78, 5) is 16.4. The Morgan fingerprint density at radius 2 is 1.68 bits per heavy atom. The van der Waals surface area contributed by atoms with Gasteiger partial charge in [0.1, 0.15) is 0 Å². The molecule has 0 bridgehead atoms. The lowest BCUT2D eigenvalue weighted by molar-refractivity contribution is -0.118. The van der Waals surface area contributed by atoms with Gasteiger partial charge in [-0.15, -0.1) is 0 Å². The van der Waals surface area contributed by atoms with Gasteiger partial charge in [0.05, 0.1) is 0 Å². The van der Waals surface area contributed by atoms with Gasteiger partial charge in [-0.3, -0.25) is 4.79 Å². The number of carbonyl (C=O) groups excluding carboxylic acids is 1. The Labute approximate surface area is 151 Å². The fourth-order valence-corrected chi connectivity index (χ4v) is 2.90. The summed E-state index contributed by atoms with van der Waals surface area (Å²) in [7, 11) is 1.82. The van der Waals surface area contributed by atoms with Crippen molar-refractivity contribution in [1.29, 1.82) is 0 Å². The molecule has 0 aliphatic carbocycles. The van der Waals surface area contributed by atoms with Crippen molar-refractivity contribution in [2.75, 3.05) is 41.8 Å². The molecule has 0 atom stereocenters. The Morgan fingerprint density at radius 3 is 2.28 bits per heavy atom. The minimum absolute atomic E-state index is 0.108. The number of carbonyl (C=O) groups is 1. The fraction of sp³-hybridized carbons (Fsp3) is 0.381. The third-order valence-electron chi connectivity index (χ3n) is 4.51. The Bertz CT molecular complexity index is 681. The average Bonchev–Trinajstić information content (AvgIpc) is 2.64. The number of anilines is 3. The number of aryl methyl sites for hydroxylation is 1. The van der Waals surface area contributed by atoms with Gasteiger partial charge < -0.3 is 15.1 Å². The lowest BCUT2D eigenvalue weighted by Crippen LogP contribution is -2.27. The van der Waals surface area contributed by atoms with E-state index < -0.39 is 0 Å². The minimum atomic E-state index is 0.108. The van der Waals surface area contributed by atoms with E-state index in [2.05, 4.69) is 49.2 Å². The van der Waals surface area contributed by atoms with Crippen LogP contribution in [0.15, 0.2) is 48.5 Å². The van der Waals surface area contributed by atoms with Crippen LogP contribution in [-0.4, -0.2) is 32.6 Å². The number of benzene rings is 2. The molecule has 0 saturated heterocycles. The first kappa shape index (κ1) is 18.8. The van der Waals surface area contributed by atoms with Gasteiger partial charge in [-0.05, 0) is 56.7 Å². The second-order valence-electron chi connectivity index (χ2n) is 6.14. The van der Waals surface area contributed by atoms with Crippen molar-refractivity contribution in [1.82, 2.24) is 0 Å². The van der Waals surface area contributed by atoms with E-state index in [0.717, 1.165) is 24.5 Å². The van der Waals surface area contributed by atoms with Gasteiger partial charge in [-0.1, -0.05) is 18.2 Å². The quantitative estimate of drug-likeness (QED) is 0.778. The zero-order chi connectivity index (χ0) is 18.2. The Hall–Kier alpha value is -2.49. The molecule has 0 spiro atoms. The highest BCUT2D eigenvalue weighted by Gasteiger charge is 2.10. The zero-order valence-corrected chi connectivity index (χ0v) is 15.7. The normalized spacial score (nSPS) is 10.4. The van der Waals surface area contributed by atoms with E-state index in [1.54, 1.807) is 4.90 Å². The van der Waals surface area contributed by atoms with Crippen LogP contribution in [0.4, 0.5) is 17.1 Å². The monoisotopic (exact) mass is 339 g/mol. The van der Waals surface area contributed by atoms with Crippen LogP contribution in [0.5, 0.6) is 0 Å². The highest BCUT2D eigenvalue weighted by atomic mass is 16.2. The number of rotatable bonds is 8. The molecule has 0 aliphatic heterocycles. The predicted molar refractivity (Wildman–Crippen MR) is 108 cm³/mol. The first-order valence-electron chi connectivity index (χ1n) is 8.97. The highest BCUT2D eigenvalue weighted by Crippen LogP contribution is 2.22.